The van der Waals surface area contributed by atoms with Gasteiger partial charge in [0.2, 0.25) is 5.91 Å². The van der Waals surface area contributed by atoms with E-state index < -0.39 is 11.9 Å². The van der Waals surface area contributed by atoms with Gasteiger partial charge in [-0.1, -0.05) is 64.0 Å². The molecule has 6 nitrogen and oxygen atoms in total. The molecule has 1 amide bonds. The number of aliphatic hydroxyl groups is 2. The lowest BCUT2D eigenvalue weighted by Crippen LogP contribution is -2.35. The summed E-state index contributed by atoms with van der Waals surface area (Å²) < 4.78 is 0. The number of carbonyl (C=O) groups is 2. The van der Waals surface area contributed by atoms with Gasteiger partial charge in [0.05, 0.1) is 5.92 Å². The topological polar surface area (TPSA) is 98.1 Å². The Kier molecular flexibility index (Phi) is 18.0. The first kappa shape index (κ1) is 26.6. The van der Waals surface area contributed by atoms with Crippen molar-refractivity contribution < 1.29 is 24.9 Å². The first-order chi connectivity index (χ1) is 13.6. The molecule has 0 bridgehead atoms. The predicted octanol–water partition coefficient (Wildman–Crippen LogP) is 3.76. The Labute approximate surface area is 170 Å². The molecule has 0 fully saturated rings. The number of carboxylic acid groups (broad SMARTS) is 1. The molecule has 0 aliphatic heterocycles. The van der Waals surface area contributed by atoms with Crippen LogP contribution in [0.1, 0.15) is 84.0 Å². The normalized spacial score (nSPS) is 12.4. The number of aliphatic carboxylic acids is 1. The first-order valence-corrected chi connectivity index (χ1v) is 11.0. The number of allylic oxidation sites excluding steroid dienone is 1. The molecule has 28 heavy (non-hydrogen) atoms. The van der Waals surface area contributed by atoms with Gasteiger partial charge < -0.3 is 20.2 Å². The second kappa shape index (κ2) is 18.9. The molecule has 3 N–H and O–H groups in total. The van der Waals surface area contributed by atoms with Crippen LogP contribution in [0, 0.1) is 5.92 Å². The van der Waals surface area contributed by atoms with Crippen LogP contribution in [0.15, 0.2) is 12.2 Å². The molecular formula is C22H41NO5. The van der Waals surface area contributed by atoms with Crippen molar-refractivity contribution >= 4 is 11.9 Å². The maximum atomic E-state index is 12.4. The molecule has 0 aliphatic carbocycles. The predicted molar refractivity (Wildman–Crippen MR) is 112 cm³/mol. The number of carbonyl (C=O) groups excluding carboxylic acids is 1. The highest BCUT2D eigenvalue weighted by molar-refractivity contribution is 5.83. The third-order valence-corrected chi connectivity index (χ3v) is 4.83. The van der Waals surface area contributed by atoms with E-state index in [9.17, 15) is 14.7 Å². The Morgan fingerprint density at radius 2 is 1.39 bits per heavy atom. The smallest absolute Gasteiger partial charge is 0.310 e. The van der Waals surface area contributed by atoms with Gasteiger partial charge >= 0.3 is 5.97 Å². The lowest BCUT2D eigenvalue weighted by atomic mass is 10.0. The molecule has 0 heterocycles. The van der Waals surface area contributed by atoms with Crippen molar-refractivity contribution in [2.75, 3.05) is 26.3 Å². The van der Waals surface area contributed by atoms with Crippen LogP contribution in [-0.2, 0) is 9.59 Å². The molecular weight excluding hydrogens is 358 g/mol. The summed E-state index contributed by atoms with van der Waals surface area (Å²) in [6.07, 6.45) is 15.1. The molecule has 0 rings (SSSR count). The number of amides is 1. The summed E-state index contributed by atoms with van der Waals surface area (Å²) in [5, 5.41) is 27.3. The van der Waals surface area contributed by atoms with Crippen molar-refractivity contribution in [2.45, 2.75) is 84.0 Å². The fourth-order valence-electron chi connectivity index (χ4n) is 3.10. The summed E-state index contributed by atoms with van der Waals surface area (Å²) in [7, 11) is 0. The van der Waals surface area contributed by atoms with Gasteiger partial charge in [-0.3, -0.25) is 9.59 Å². The van der Waals surface area contributed by atoms with E-state index in [0.717, 1.165) is 19.3 Å². The van der Waals surface area contributed by atoms with Crippen LogP contribution in [0.3, 0.4) is 0 Å². The Morgan fingerprint density at radius 3 is 1.89 bits per heavy atom. The minimum absolute atomic E-state index is 0.0240. The lowest BCUT2D eigenvalue weighted by Gasteiger charge is -2.23. The van der Waals surface area contributed by atoms with Gasteiger partial charge in [-0.25, -0.2) is 0 Å². The summed E-state index contributed by atoms with van der Waals surface area (Å²) in [5.41, 5.74) is 0. The minimum atomic E-state index is -0.996. The zero-order valence-corrected chi connectivity index (χ0v) is 17.7. The molecule has 0 saturated heterocycles. The van der Waals surface area contributed by atoms with Crippen molar-refractivity contribution in [3.05, 3.63) is 12.2 Å². The van der Waals surface area contributed by atoms with E-state index in [1.54, 1.807) is 6.08 Å². The highest BCUT2D eigenvalue weighted by Crippen LogP contribution is 2.13. The van der Waals surface area contributed by atoms with Gasteiger partial charge in [0.15, 0.2) is 0 Å². The molecule has 0 aromatic carbocycles. The molecule has 1 atom stereocenters. The standard InChI is InChI=1S/C22H41NO5/c1-2-3-4-5-6-7-8-9-10-11-14-20(22(27)28)19-21(26)23(15-12-17-24)16-13-18-25/h11,14,20,24-25H,2-10,12-13,15-19H2,1H3,(H,27,28). The summed E-state index contributed by atoms with van der Waals surface area (Å²) in [6.45, 7) is 2.92. The van der Waals surface area contributed by atoms with Crippen molar-refractivity contribution in [3.8, 4) is 0 Å². The monoisotopic (exact) mass is 399 g/mol. The maximum Gasteiger partial charge on any atom is 0.310 e. The van der Waals surface area contributed by atoms with Crippen LogP contribution in [0.4, 0.5) is 0 Å². The van der Waals surface area contributed by atoms with Gasteiger partial charge in [-0.15, -0.1) is 0 Å². The van der Waals surface area contributed by atoms with Crippen molar-refractivity contribution in [3.63, 3.8) is 0 Å². The van der Waals surface area contributed by atoms with E-state index in [0.29, 0.717) is 25.9 Å². The second-order valence-electron chi connectivity index (χ2n) is 7.38. The quantitative estimate of drug-likeness (QED) is 0.227. The van der Waals surface area contributed by atoms with E-state index in [1.807, 2.05) is 6.08 Å². The van der Waals surface area contributed by atoms with E-state index >= 15 is 0 Å². The third kappa shape index (κ3) is 14.6. The van der Waals surface area contributed by atoms with Crippen molar-refractivity contribution in [1.29, 1.82) is 0 Å². The fraction of sp³-hybridized carbons (Fsp3) is 0.818. The van der Waals surface area contributed by atoms with Crippen LogP contribution in [0.25, 0.3) is 0 Å². The van der Waals surface area contributed by atoms with Crippen LogP contribution >= 0.6 is 0 Å². The first-order valence-electron chi connectivity index (χ1n) is 11.0. The average molecular weight is 400 g/mol. The number of unbranched alkanes of at least 4 members (excludes halogenated alkanes) is 8. The van der Waals surface area contributed by atoms with Gasteiger partial charge in [-0.05, 0) is 25.7 Å². The SMILES string of the molecule is CCCCCCCCCCC=CC(CC(=O)N(CCCO)CCCO)C(=O)O. The van der Waals surface area contributed by atoms with Crippen LogP contribution in [0.5, 0.6) is 0 Å². The van der Waals surface area contributed by atoms with Crippen LogP contribution in [0.2, 0.25) is 0 Å². The molecule has 6 heteroatoms. The Bertz CT molecular complexity index is 417. The molecule has 0 spiro atoms. The zero-order valence-electron chi connectivity index (χ0n) is 17.7. The molecule has 0 aromatic heterocycles. The number of rotatable bonds is 19. The number of nitrogens with zero attached hydrogens (tertiary/aromatic N) is 1. The second-order valence-corrected chi connectivity index (χ2v) is 7.38. The van der Waals surface area contributed by atoms with Crippen LogP contribution in [-0.4, -0.2) is 58.4 Å². The Balaban J connectivity index is 4.25. The largest absolute Gasteiger partial charge is 0.481 e. The summed E-state index contributed by atoms with van der Waals surface area (Å²) in [4.78, 5) is 25.4. The number of carboxylic acids is 1. The molecule has 0 aromatic rings. The van der Waals surface area contributed by atoms with E-state index in [-0.39, 0.29) is 25.5 Å². The molecule has 164 valence electrons. The summed E-state index contributed by atoms with van der Waals surface area (Å²) >= 11 is 0. The van der Waals surface area contributed by atoms with Crippen molar-refractivity contribution in [2.24, 2.45) is 5.92 Å². The lowest BCUT2D eigenvalue weighted by molar-refractivity contribution is -0.144. The third-order valence-electron chi connectivity index (χ3n) is 4.83. The Morgan fingerprint density at radius 1 is 0.857 bits per heavy atom. The average Bonchev–Trinajstić information content (AvgIpc) is 2.68. The van der Waals surface area contributed by atoms with Crippen molar-refractivity contribution in [1.82, 2.24) is 4.90 Å². The van der Waals surface area contributed by atoms with E-state index in [1.165, 1.54) is 43.4 Å². The highest BCUT2D eigenvalue weighted by atomic mass is 16.4. The summed E-state index contributed by atoms with van der Waals surface area (Å²) in [5.74, 6) is -2.07. The molecule has 1 unspecified atom stereocenters. The molecule has 0 aliphatic rings. The Hall–Kier alpha value is -1.40. The van der Waals surface area contributed by atoms with Gasteiger partial charge in [-0.2, -0.15) is 0 Å². The fourth-order valence-corrected chi connectivity index (χ4v) is 3.10. The van der Waals surface area contributed by atoms with Gasteiger partial charge in [0, 0.05) is 32.7 Å². The summed E-state index contributed by atoms with van der Waals surface area (Å²) in [6, 6.07) is 0. The van der Waals surface area contributed by atoms with E-state index in [4.69, 9.17) is 10.2 Å². The minimum Gasteiger partial charge on any atom is -0.481 e. The number of aliphatic hydroxyl groups excluding tert-OH is 2. The molecule has 0 radical (unpaired) electrons. The maximum absolute atomic E-state index is 12.4. The van der Waals surface area contributed by atoms with Gasteiger partial charge in [0.25, 0.3) is 0 Å². The van der Waals surface area contributed by atoms with Gasteiger partial charge in [0.1, 0.15) is 0 Å². The van der Waals surface area contributed by atoms with Crippen LogP contribution < -0.4 is 0 Å². The highest BCUT2D eigenvalue weighted by Gasteiger charge is 2.22. The molecule has 0 saturated carbocycles. The number of hydrogen-bond acceptors (Lipinski definition) is 4. The van der Waals surface area contributed by atoms with E-state index in [2.05, 4.69) is 6.92 Å². The zero-order chi connectivity index (χ0) is 21.0. The number of hydrogen-bond donors (Lipinski definition) is 3.